The fourth-order valence-electron chi connectivity index (χ4n) is 4.58. The Labute approximate surface area is 186 Å². The largest absolute Gasteiger partial charge is 0.366 e. The number of carbonyl (C=O) groups is 1. The maximum atomic E-state index is 12.7. The molecule has 31 heavy (non-hydrogen) atoms. The molecule has 1 aliphatic heterocycles. The summed E-state index contributed by atoms with van der Waals surface area (Å²) in [4.78, 5) is 15.2. The summed E-state index contributed by atoms with van der Waals surface area (Å²) in [5, 5.41) is 12.4. The molecule has 0 aromatic heterocycles. The molecule has 1 heterocycles. The van der Waals surface area contributed by atoms with Gasteiger partial charge in [0.05, 0.1) is 0 Å². The lowest BCUT2D eigenvalue weighted by molar-refractivity contribution is -0.112. The third kappa shape index (κ3) is 4.99. The van der Waals surface area contributed by atoms with Crippen molar-refractivity contribution in [2.45, 2.75) is 65.3 Å². The van der Waals surface area contributed by atoms with E-state index in [1.54, 1.807) is 6.08 Å². The normalized spacial score (nSPS) is 17.6. The molecule has 4 nitrogen and oxygen atoms in total. The molecule has 2 aromatic rings. The second-order valence-electron chi connectivity index (χ2n) is 9.06. The second-order valence-corrected chi connectivity index (χ2v) is 9.06. The number of hydrogen-bond acceptors (Lipinski definition) is 3. The monoisotopic (exact) mass is 415 g/mol. The quantitative estimate of drug-likeness (QED) is 0.445. The van der Waals surface area contributed by atoms with Crippen LogP contribution >= 0.6 is 0 Å². The third-order valence-corrected chi connectivity index (χ3v) is 6.15. The van der Waals surface area contributed by atoms with E-state index in [1.807, 2.05) is 30.3 Å². The summed E-state index contributed by atoms with van der Waals surface area (Å²) in [6, 6.07) is 16.1. The zero-order valence-corrected chi connectivity index (χ0v) is 19.3. The first kappa shape index (κ1) is 22.6. The fourth-order valence-corrected chi connectivity index (χ4v) is 4.58. The molecule has 0 saturated carbocycles. The Balaban J connectivity index is 1.87. The number of rotatable bonds is 6. The Hall–Kier alpha value is -3.06. The highest BCUT2D eigenvalue weighted by Crippen LogP contribution is 2.43. The van der Waals surface area contributed by atoms with Gasteiger partial charge in [0.1, 0.15) is 11.6 Å². The minimum atomic E-state index is -0.383. The van der Waals surface area contributed by atoms with Crippen LogP contribution < -0.4 is 10.2 Å². The predicted octanol–water partition coefficient (Wildman–Crippen LogP) is 6.30. The number of nitriles is 1. The zero-order chi connectivity index (χ0) is 22.6. The molecule has 0 radical (unpaired) electrons. The second kappa shape index (κ2) is 9.39. The number of nitrogens with one attached hydrogen (secondary N) is 1. The van der Waals surface area contributed by atoms with Gasteiger partial charge in [-0.1, -0.05) is 39.0 Å². The van der Waals surface area contributed by atoms with Gasteiger partial charge in [-0.2, -0.15) is 5.26 Å². The molecular weight excluding hydrogens is 382 g/mol. The van der Waals surface area contributed by atoms with Gasteiger partial charge in [0.25, 0.3) is 5.91 Å². The highest BCUT2D eigenvalue weighted by atomic mass is 16.1. The maximum Gasteiger partial charge on any atom is 0.266 e. The lowest BCUT2D eigenvalue weighted by Gasteiger charge is -2.47. The van der Waals surface area contributed by atoms with E-state index in [0.29, 0.717) is 11.6 Å². The molecule has 4 heteroatoms. The van der Waals surface area contributed by atoms with Gasteiger partial charge in [-0.3, -0.25) is 4.79 Å². The number of hydrogen-bond donors (Lipinski definition) is 1. The number of aryl methyl sites for hydroxylation is 1. The van der Waals surface area contributed by atoms with Crippen LogP contribution in [0.5, 0.6) is 0 Å². The van der Waals surface area contributed by atoms with Crippen molar-refractivity contribution in [1.29, 1.82) is 5.26 Å². The van der Waals surface area contributed by atoms with E-state index in [9.17, 15) is 10.1 Å². The average Bonchev–Trinajstić information content (AvgIpc) is 2.75. The van der Waals surface area contributed by atoms with Crippen LogP contribution in [0.25, 0.3) is 6.08 Å². The summed E-state index contributed by atoms with van der Waals surface area (Å²) in [6.45, 7) is 12.2. The fraction of sp³-hybridized carbons (Fsp3) is 0.407. The smallest absolute Gasteiger partial charge is 0.266 e. The molecule has 3 rings (SSSR count). The van der Waals surface area contributed by atoms with Crippen LogP contribution in [-0.2, 0) is 11.2 Å². The lowest BCUT2D eigenvalue weighted by atomic mass is 9.79. The molecule has 1 amide bonds. The number of benzene rings is 2. The Morgan fingerprint density at radius 2 is 1.94 bits per heavy atom. The Kier molecular flexibility index (Phi) is 6.85. The highest BCUT2D eigenvalue weighted by molar-refractivity contribution is 6.09. The minimum absolute atomic E-state index is 0.105. The predicted molar refractivity (Wildman–Crippen MR) is 129 cm³/mol. The van der Waals surface area contributed by atoms with E-state index < -0.39 is 0 Å². The Bertz CT molecular complexity index is 1010. The summed E-state index contributed by atoms with van der Waals surface area (Å²) in [5.41, 5.74) is 5.56. The molecule has 162 valence electrons. The molecule has 1 aliphatic rings. The summed E-state index contributed by atoms with van der Waals surface area (Å²) < 4.78 is 0. The lowest BCUT2D eigenvalue weighted by Crippen LogP contribution is -2.48. The molecule has 1 unspecified atom stereocenters. The number of anilines is 2. The molecule has 0 fully saturated rings. The molecule has 0 aliphatic carbocycles. The van der Waals surface area contributed by atoms with Crippen molar-refractivity contribution < 1.29 is 4.79 Å². The maximum absolute atomic E-state index is 12.7. The van der Waals surface area contributed by atoms with E-state index in [4.69, 9.17) is 0 Å². The first-order valence-electron chi connectivity index (χ1n) is 11.2. The van der Waals surface area contributed by atoms with Crippen LogP contribution in [0.4, 0.5) is 11.4 Å². The van der Waals surface area contributed by atoms with E-state index in [2.05, 4.69) is 63.0 Å². The van der Waals surface area contributed by atoms with Crippen molar-refractivity contribution in [3.05, 3.63) is 64.7 Å². The van der Waals surface area contributed by atoms with Gasteiger partial charge in [0.15, 0.2) is 0 Å². The van der Waals surface area contributed by atoms with Crippen molar-refractivity contribution in [3.8, 4) is 6.07 Å². The summed E-state index contributed by atoms with van der Waals surface area (Å²) in [7, 11) is 0. The minimum Gasteiger partial charge on any atom is -0.366 e. The van der Waals surface area contributed by atoms with Gasteiger partial charge in [-0.05, 0) is 86.1 Å². The molecule has 0 bridgehead atoms. The van der Waals surface area contributed by atoms with E-state index in [1.165, 1.54) is 16.8 Å². The van der Waals surface area contributed by atoms with Gasteiger partial charge in [0, 0.05) is 23.5 Å². The number of carbonyl (C=O) groups excluding carboxylic acids is 1. The number of fused-ring (bicyclic) bond motifs is 1. The summed E-state index contributed by atoms with van der Waals surface area (Å²) in [5.74, 6) is 0.0363. The first-order chi connectivity index (χ1) is 14.8. The first-order valence-corrected chi connectivity index (χ1v) is 11.2. The average molecular weight is 416 g/mol. The summed E-state index contributed by atoms with van der Waals surface area (Å²) >= 11 is 0. The number of amides is 1. The summed E-state index contributed by atoms with van der Waals surface area (Å²) in [6.07, 6.45) is 4.80. The molecular formula is C27H33N3O. The van der Waals surface area contributed by atoms with Crippen molar-refractivity contribution in [2.75, 3.05) is 16.8 Å². The third-order valence-electron chi connectivity index (χ3n) is 6.15. The van der Waals surface area contributed by atoms with Crippen LogP contribution in [0.15, 0.2) is 48.0 Å². The Morgan fingerprint density at radius 1 is 1.23 bits per heavy atom. The molecule has 1 N–H and O–H groups in total. The van der Waals surface area contributed by atoms with Crippen molar-refractivity contribution in [1.82, 2.24) is 0 Å². The van der Waals surface area contributed by atoms with Gasteiger partial charge in [-0.25, -0.2) is 0 Å². The van der Waals surface area contributed by atoms with Crippen LogP contribution in [0.1, 0.15) is 70.1 Å². The van der Waals surface area contributed by atoms with Crippen LogP contribution in [0, 0.1) is 11.3 Å². The molecule has 0 spiro atoms. The van der Waals surface area contributed by atoms with Gasteiger partial charge < -0.3 is 10.2 Å². The van der Waals surface area contributed by atoms with Crippen molar-refractivity contribution in [2.24, 2.45) is 0 Å². The zero-order valence-electron chi connectivity index (χ0n) is 19.3. The topological polar surface area (TPSA) is 56.1 Å². The van der Waals surface area contributed by atoms with Gasteiger partial charge in [0.2, 0.25) is 0 Å². The van der Waals surface area contributed by atoms with Crippen LogP contribution in [-0.4, -0.2) is 18.0 Å². The highest BCUT2D eigenvalue weighted by Gasteiger charge is 2.35. The van der Waals surface area contributed by atoms with E-state index in [-0.39, 0.29) is 17.0 Å². The molecule has 1 atom stereocenters. The van der Waals surface area contributed by atoms with Crippen molar-refractivity contribution >= 4 is 23.4 Å². The molecule has 2 aromatic carbocycles. The van der Waals surface area contributed by atoms with Gasteiger partial charge >= 0.3 is 0 Å². The number of nitrogens with zero attached hydrogens (tertiary/aromatic N) is 2. The SMILES string of the molecule is CCCN1c2ccc(/C=C(\C#N)C(=O)Nc3ccc(CC)cc3)cc2C(C)CC1(C)C. The van der Waals surface area contributed by atoms with Crippen LogP contribution in [0.3, 0.4) is 0 Å². The van der Waals surface area contributed by atoms with Crippen LogP contribution in [0.2, 0.25) is 0 Å². The van der Waals surface area contributed by atoms with E-state index >= 15 is 0 Å². The van der Waals surface area contributed by atoms with E-state index in [0.717, 1.165) is 31.4 Å². The van der Waals surface area contributed by atoms with Gasteiger partial charge in [-0.15, -0.1) is 0 Å². The molecule has 0 saturated heterocycles. The standard InChI is InChI=1S/C27H33N3O/c1-6-14-30-25-13-10-21(16-24(25)19(3)17-27(30,4)5)15-22(18-28)26(31)29-23-11-8-20(7-2)9-12-23/h8-13,15-16,19H,6-7,14,17H2,1-5H3,(H,29,31)/b22-15+. The van der Waals surface area contributed by atoms with Crippen molar-refractivity contribution in [3.63, 3.8) is 0 Å². The Morgan fingerprint density at radius 3 is 2.55 bits per heavy atom.